The van der Waals surface area contributed by atoms with Crippen molar-refractivity contribution < 1.29 is 9.59 Å². The second kappa shape index (κ2) is 13.8. The van der Waals surface area contributed by atoms with Crippen molar-refractivity contribution in [3.8, 4) is 0 Å². The molecule has 0 aliphatic rings. The van der Waals surface area contributed by atoms with Gasteiger partial charge in [-0.05, 0) is 54.1 Å². The molecule has 0 aromatic heterocycles. The number of rotatable bonds is 11. The van der Waals surface area contributed by atoms with Crippen molar-refractivity contribution in [1.82, 2.24) is 10.7 Å². The van der Waals surface area contributed by atoms with E-state index < -0.39 is 5.91 Å². The molecule has 3 N–H and O–H groups in total. The van der Waals surface area contributed by atoms with E-state index in [0.717, 1.165) is 45.8 Å². The molecule has 3 rings (SSSR count). The normalized spacial score (nSPS) is 10.9. The fourth-order valence-corrected chi connectivity index (χ4v) is 4.12. The first-order chi connectivity index (χ1) is 17.0. The Bertz CT molecular complexity index is 1160. The number of nitrogens with one attached hydrogen (secondary N) is 3. The summed E-state index contributed by atoms with van der Waals surface area (Å²) < 4.78 is 0.720. The second-order valence-electron chi connectivity index (χ2n) is 7.82. The van der Waals surface area contributed by atoms with Crippen LogP contribution in [-0.2, 0) is 6.54 Å². The summed E-state index contributed by atoms with van der Waals surface area (Å²) in [5.41, 5.74) is 6.88. The minimum atomic E-state index is -0.423. The summed E-state index contributed by atoms with van der Waals surface area (Å²) in [5.74, 6) is 1.49. The summed E-state index contributed by atoms with van der Waals surface area (Å²) in [6.07, 6.45) is 1.58. The Hall–Kier alpha value is -2.94. The SMILES string of the molecule is CCSCCNCc1ccc(C(=O)Nc2ccc(Br)cc2C(=O)N/N=C/c2ccc(C)cc2)cc1. The number of amides is 2. The van der Waals surface area contributed by atoms with Crippen molar-refractivity contribution in [3.63, 3.8) is 0 Å². The monoisotopic (exact) mass is 552 g/mol. The van der Waals surface area contributed by atoms with Crippen LogP contribution in [0.2, 0.25) is 0 Å². The van der Waals surface area contributed by atoms with Crippen LogP contribution >= 0.6 is 27.7 Å². The van der Waals surface area contributed by atoms with Crippen molar-refractivity contribution in [3.05, 3.63) is 99.0 Å². The van der Waals surface area contributed by atoms with Gasteiger partial charge in [0.2, 0.25) is 0 Å². The van der Waals surface area contributed by atoms with Gasteiger partial charge in [0, 0.05) is 28.9 Å². The molecule has 0 unspecified atom stereocenters. The summed E-state index contributed by atoms with van der Waals surface area (Å²) >= 11 is 5.29. The maximum Gasteiger partial charge on any atom is 0.273 e. The van der Waals surface area contributed by atoms with Gasteiger partial charge in [-0.3, -0.25) is 9.59 Å². The molecule has 0 saturated carbocycles. The van der Waals surface area contributed by atoms with Gasteiger partial charge in [-0.15, -0.1) is 0 Å². The third-order valence-electron chi connectivity index (χ3n) is 5.10. The number of carbonyl (C=O) groups excluding carboxylic acids is 2. The zero-order chi connectivity index (χ0) is 25.0. The highest BCUT2D eigenvalue weighted by molar-refractivity contribution is 9.10. The van der Waals surface area contributed by atoms with E-state index in [4.69, 9.17) is 0 Å². The number of halogens is 1. The third kappa shape index (κ3) is 8.65. The molecule has 6 nitrogen and oxygen atoms in total. The first kappa shape index (κ1) is 26.7. The molecule has 8 heteroatoms. The highest BCUT2D eigenvalue weighted by Crippen LogP contribution is 2.22. The van der Waals surface area contributed by atoms with E-state index in [1.807, 2.05) is 55.1 Å². The van der Waals surface area contributed by atoms with Crippen molar-refractivity contribution in [2.24, 2.45) is 5.10 Å². The number of benzene rings is 3. The summed E-state index contributed by atoms with van der Waals surface area (Å²) in [7, 11) is 0. The Balaban J connectivity index is 1.62. The van der Waals surface area contributed by atoms with Gasteiger partial charge in [-0.25, -0.2) is 5.43 Å². The molecule has 0 radical (unpaired) electrons. The lowest BCUT2D eigenvalue weighted by Crippen LogP contribution is -2.21. The molecule has 3 aromatic carbocycles. The van der Waals surface area contributed by atoms with Gasteiger partial charge in [-0.2, -0.15) is 16.9 Å². The Labute approximate surface area is 219 Å². The Morgan fingerprint density at radius 1 is 1.00 bits per heavy atom. The van der Waals surface area contributed by atoms with E-state index in [1.54, 1.807) is 36.5 Å². The molecular formula is C27H29BrN4O2S. The molecule has 0 fully saturated rings. The third-order valence-corrected chi connectivity index (χ3v) is 6.50. The lowest BCUT2D eigenvalue weighted by atomic mass is 10.1. The summed E-state index contributed by atoms with van der Waals surface area (Å²) in [6.45, 7) is 5.86. The molecule has 3 aromatic rings. The molecule has 2 amide bonds. The van der Waals surface area contributed by atoms with Gasteiger partial charge in [0.25, 0.3) is 11.8 Å². The van der Waals surface area contributed by atoms with E-state index in [9.17, 15) is 9.59 Å². The molecule has 0 spiro atoms. The number of hydrogen-bond donors (Lipinski definition) is 3. The average Bonchev–Trinajstić information content (AvgIpc) is 2.86. The van der Waals surface area contributed by atoms with Crippen molar-refractivity contribution >= 4 is 51.4 Å². The van der Waals surface area contributed by atoms with Gasteiger partial charge in [0.1, 0.15) is 0 Å². The number of carbonyl (C=O) groups is 2. The Morgan fingerprint density at radius 3 is 2.46 bits per heavy atom. The van der Waals surface area contributed by atoms with Gasteiger partial charge in [0.05, 0.1) is 17.5 Å². The summed E-state index contributed by atoms with van der Waals surface area (Å²) in [4.78, 5) is 25.6. The number of anilines is 1. The van der Waals surface area contributed by atoms with Gasteiger partial charge < -0.3 is 10.6 Å². The lowest BCUT2D eigenvalue weighted by Gasteiger charge is -2.11. The number of hydrogen-bond acceptors (Lipinski definition) is 5. The van der Waals surface area contributed by atoms with Crippen molar-refractivity contribution in [2.75, 3.05) is 23.4 Å². The van der Waals surface area contributed by atoms with Crippen LogP contribution in [0.15, 0.2) is 76.3 Å². The minimum Gasteiger partial charge on any atom is -0.321 e. The van der Waals surface area contributed by atoms with E-state index in [2.05, 4.69) is 44.0 Å². The minimum absolute atomic E-state index is 0.289. The van der Waals surface area contributed by atoms with Gasteiger partial charge in [0.15, 0.2) is 0 Å². The van der Waals surface area contributed by atoms with Crippen LogP contribution in [0.4, 0.5) is 5.69 Å². The first-order valence-corrected chi connectivity index (χ1v) is 13.3. The number of hydrazone groups is 1. The van der Waals surface area contributed by atoms with E-state index >= 15 is 0 Å². The van der Waals surface area contributed by atoms with E-state index in [-0.39, 0.29) is 5.91 Å². The molecule has 0 heterocycles. The molecular weight excluding hydrogens is 524 g/mol. The Morgan fingerprint density at radius 2 is 1.74 bits per heavy atom. The van der Waals surface area contributed by atoms with Crippen molar-refractivity contribution in [2.45, 2.75) is 20.4 Å². The fourth-order valence-electron chi connectivity index (χ4n) is 3.18. The van der Waals surface area contributed by atoms with Crippen molar-refractivity contribution in [1.29, 1.82) is 0 Å². The maximum atomic E-state index is 12.8. The molecule has 0 aliphatic heterocycles. The topological polar surface area (TPSA) is 82.6 Å². The number of thioether (sulfide) groups is 1. The molecule has 0 atom stereocenters. The zero-order valence-electron chi connectivity index (χ0n) is 19.8. The standard InChI is InChI=1S/C27H29BrN4O2S/c1-3-35-15-14-29-17-20-8-10-22(11-9-20)26(33)31-25-13-12-23(28)16-24(25)27(34)32-30-18-21-6-4-19(2)5-7-21/h4-13,16,18,29H,3,14-15,17H2,1-2H3,(H,31,33)(H,32,34)/b30-18+. The van der Waals surface area contributed by atoms with E-state index in [1.165, 1.54) is 0 Å². The highest BCUT2D eigenvalue weighted by atomic mass is 79.9. The number of nitrogens with zero attached hydrogens (tertiary/aromatic N) is 1. The molecule has 35 heavy (non-hydrogen) atoms. The summed E-state index contributed by atoms with van der Waals surface area (Å²) in [6, 6.07) is 20.3. The van der Waals surface area contributed by atoms with Crippen LogP contribution in [0.5, 0.6) is 0 Å². The highest BCUT2D eigenvalue weighted by Gasteiger charge is 2.15. The molecule has 0 aliphatic carbocycles. The predicted octanol–water partition coefficient (Wildman–Crippen LogP) is 5.62. The predicted molar refractivity (Wildman–Crippen MR) is 149 cm³/mol. The lowest BCUT2D eigenvalue weighted by molar-refractivity contribution is 0.0956. The quantitative estimate of drug-likeness (QED) is 0.164. The van der Waals surface area contributed by atoms with E-state index in [0.29, 0.717) is 16.8 Å². The number of aryl methyl sites for hydroxylation is 1. The van der Waals surface area contributed by atoms with Gasteiger partial charge >= 0.3 is 0 Å². The molecule has 0 saturated heterocycles. The Kier molecular flexibility index (Phi) is 10.5. The van der Waals surface area contributed by atoms with Crippen LogP contribution in [0.25, 0.3) is 0 Å². The fraction of sp³-hybridized carbons (Fsp3) is 0.222. The van der Waals surface area contributed by atoms with Crippen LogP contribution in [0.3, 0.4) is 0 Å². The summed E-state index contributed by atoms with van der Waals surface area (Å²) in [5, 5.41) is 10.3. The average molecular weight is 554 g/mol. The molecule has 182 valence electrons. The largest absolute Gasteiger partial charge is 0.321 e. The van der Waals surface area contributed by atoms with Crippen LogP contribution < -0.4 is 16.1 Å². The maximum absolute atomic E-state index is 12.8. The first-order valence-electron chi connectivity index (χ1n) is 11.3. The smallest absolute Gasteiger partial charge is 0.273 e. The van der Waals surface area contributed by atoms with Gasteiger partial charge in [-0.1, -0.05) is 64.8 Å². The molecule has 0 bridgehead atoms. The zero-order valence-corrected chi connectivity index (χ0v) is 22.2. The van der Waals surface area contributed by atoms with Crippen LogP contribution in [-0.4, -0.2) is 36.1 Å². The second-order valence-corrected chi connectivity index (χ2v) is 10.1. The van der Waals surface area contributed by atoms with Crippen LogP contribution in [0.1, 0.15) is 44.3 Å². The van der Waals surface area contributed by atoms with Crippen LogP contribution in [0, 0.1) is 6.92 Å².